The lowest BCUT2D eigenvalue weighted by Gasteiger charge is -2.37. The zero-order chi connectivity index (χ0) is 24.5. The van der Waals surface area contributed by atoms with Crippen LogP contribution in [0.1, 0.15) is 37.1 Å². The number of piperidine rings is 1. The second-order valence-corrected chi connectivity index (χ2v) is 9.90. The van der Waals surface area contributed by atoms with Crippen molar-refractivity contribution in [3.63, 3.8) is 0 Å². The molecular weight excluding hydrogens is 452 g/mol. The van der Waals surface area contributed by atoms with Crippen LogP contribution in [0.4, 0.5) is 17.5 Å². The number of fused-ring (bicyclic) bond motifs is 1. The number of anilines is 3. The molecule has 2 aromatic heterocycles. The number of hydrogen-bond donors (Lipinski definition) is 1. The molecule has 3 aliphatic rings. The molecule has 1 unspecified atom stereocenters. The molecule has 188 valence electrons. The van der Waals surface area contributed by atoms with E-state index in [0.29, 0.717) is 5.82 Å². The van der Waals surface area contributed by atoms with Gasteiger partial charge in [-0.2, -0.15) is 0 Å². The number of aryl methyl sites for hydroxylation is 1. The van der Waals surface area contributed by atoms with Crippen molar-refractivity contribution in [2.24, 2.45) is 5.73 Å². The quantitative estimate of drug-likeness (QED) is 0.583. The van der Waals surface area contributed by atoms with Gasteiger partial charge < -0.3 is 25.2 Å². The smallest absolute Gasteiger partial charge is 0.158 e. The van der Waals surface area contributed by atoms with Crippen LogP contribution >= 0.6 is 0 Å². The molecule has 9 nitrogen and oxygen atoms in total. The molecule has 9 heteroatoms. The normalized spacial score (nSPS) is 21.1. The topological polar surface area (TPSA) is 96.5 Å². The molecule has 0 aliphatic carbocycles. The van der Waals surface area contributed by atoms with Gasteiger partial charge in [0.25, 0.3) is 0 Å². The summed E-state index contributed by atoms with van der Waals surface area (Å²) in [6.07, 6.45) is 8.06. The molecule has 0 saturated carbocycles. The Labute approximate surface area is 212 Å². The van der Waals surface area contributed by atoms with Crippen molar-refractivity contribution in [2.75, 3.05) is 60.6 Å². The van der Waals surface area contributed by atoms with Gasteiger partial charge >= 0.3 is 0 Å². The Hall–Kier alpha value is -3.46. The first kappa shape index (κ1) is 23.0. The van der Waals surface area contributed by atoms with E-state index in [1.165, 1.54) is 12.0 Å². The molecule has 3 saturated heterocycles. The molecular formula is C27H34N8O. The first-order chi connectivity index (χ1) is 17.7. The van der Waals surface area contributed by atoms with E-state index in [-0.39, 0.29) is 6.04 Å². The lowest BCUT2D eigenvalue weighted by atomic mass is 9.98. The summed E-state index contributed by atoms with van der Waals surface area (Å²) in [6.45, 7) is 8.23. The molecule has 6 rings (SSSR count). The van der Waals surface area contributed by atoms with Gasteiger partial charge in [0, 0.05) is 55.9 Å². The van der Waals surface area contributed by atoms with Crippen molar-refractivity contribution in [2.45, 2.75) is 38.6 Å². The molecule has 0 bridgehead atoms. The summed E-state index contributed by atoms with van der Waals surface area (Å²) in [5.74, 6) is 3.57. The van der Waals surface area contributed by atoms with Crippen LogP contribution in [0.15, 0.2) is 36.3 Å². The average Bonchev–Trinajstić information content (AvgIpc) is 2.88. The predicted molar refractivity (Wildman–Crippen MR) is 143 cm³/mol. The van der Waals surface area contributed by atoms with Crippen LogP contribution in [0.2, 0.25) is 0 Å². The molecule has 3 aliphatic heterocycles. The Bertz CT molecular complexity index is 1260. The number of nitrogens with zero attached hydrogens (tertiary/aromatic N) is 7. The van der Waals surface area contributed by atoms with Crippen LogP contribution in [0, 0.1) is 6.92 Å². The molecule has 2 N–H and O–H groups in total. The van der Waals surface area contributed by atoms with Gasteiger partial charge in [-0.25, -0.2) is 19.9 Å². The highest BCUT2D eigenvalue weighted by Crippen LogP contribution is 2.33. The number of rotatable bonds is 5. The van der Waals surface area contributed by atoms with Gasteiger partial charge in [0.1, 0.15) is 23.8 Å². The van der Waals surface area contributed by atoms with Gasteiger partial charge in [-0.15, -0.1) is 0 Å². The van der Waals surface area contributed by atoms with E-state index < -0.39 is 0 Å². The third-order valence-corrected chi connectivity index (χ3v) is 7.54. The molecule has 36 heavy (non-hydrogen) atoms. The van der Waals surface area contributed by atoms with E-state index in [4.69, 9.17) is 25.4 Å². The summed E-state index contributed by atoms with van der Waals surface area (Å²) in [7, 11) is 0. The Morgan fingerprint density at radius 1 is 0.972 bits per heavy atom. The fourth-order valence-electron chi connectivity index (χ4n) is 5.42. The predicted octanol–water partition coefficient (Wildman–Crippen LogP) is 3.13. The molecule has 3 aromatic rings. The largest absolute Gasteiger partial charge is 0.400 e. The molecule has 1 aromatic carbocycles. The van der Waals surface area contributed by atoms with Crippen LogP contribution in [-0.4, -0.2) is 71.9 Å². The molecule has 0 spiro atoms. The maximum Gasteiger partial charge on any atom is 0.158 e. The van der Waals surface area contributed by atoms with Crippen molar-refractivity contribution in [1.29, 1.82) is 0 Å². The fraction of sp³-hybridized carbons (Fsp3) is 0.481. The lowest BCUT2D eigenvalue weighted by molar-refractivity contribution is 0.122. The summed E-state index contributed by atoms with van der Waals surface area (Å²) in [5, 5.41) is 1.10. The third kappa shape index (κ3) is 4.43. The summed E-state index contributed by atoms with van der Waals surface area (Å²) < 4.78 is 5.55. The van der Waals surface area contributed by atoms with Gasteiger partial charge in [0.2, 0.25) is 0 Å². The molecule has 1 atom stereocenters. The standard InChI is InChI=1S/C27H34N8O/c1-19-6-4-7-21-26(19)27(30-18-29-21)35-11-3-2-8-22(35)20(28)16-23-31-24(33-9-5-10-33)17-25(32-23)34-12-14-36-15-13-34/h4,6-7,16-18,22H,2-3,5,8-15,28H2,1H3. The SMILES string of the molecule is Cc1cccc2ncnc(N3CCCCC3C(N)=Cc3nc(N4CCC4)cc(N4CCOCC4)n3)c12. The summed E-state index contributed by atoms with van der Waals surface area (Å²) in [5.41, 5.74) is 9.76. The molecule has 3 fully saturated rings. The fourth-order valence-corrected chi connectivity index (χ4v) is 5.42. The van der Waals surface area contributed by atoms with Gasteiger partial charge in [-0.1, -0.05) is 12.1 Å². The highest BCUT2D eigenvalue weighted by molar-refractivity contribution is 5.92. The Balaban J connectivity index is 1.36. The Kier molecular flexibility index (Phi) is 6.31. The number of nitrogens with two attached hydrogens (primary N) is 1. The van der Waals surface area contributed by atoms with E-state index in [1.54, 1.807) is 6.33 Å². The van der Waals surface area contributed by atoms with E-state index in [0.717, 1.165) is 99.3 Å². The van der Waals surface area contributed by atoms with Gasteiger partial charge in [0.05, 0.1) is 24.8 Å². The van der Waals surface area contributed by atoms with Gasteiger partial charge in [0.15, 0.2) is 5.82 Å². The Morgan fingerprint density at radius 3 is 2.50 bits per heavy atom. The van der Waals surface area contributed by atoms with Crippen LogP contribution in [0.25, 0.3) is 17.0 Å². The highest BCUT2D eigenvalue weighted by Gasteiger charge is 2.28. The van der Waals surface area contributed by atoms with E-state index in [1.807, 2.05) is 18.2 Å². The van der Waals surface area contributed by atoms with Crippen molar-refractivity contribution < 1.29 is 4.74 Å². The number of ether oxygens (including phenoxy) is 1. The lowest BCUT2D eigenvalue weighted by Crippen LogP contribution is -2.43. The zero-order valence-electron chi connectivity index (χ0n) is 20.9. The molecule has 0 amide bonds. The minimum Gasteiger partial charge on any atom is -0.400 e. The van der Waals surface area contributed by atoms with Crippen molar-refractivity contribution in [1.82, 2.24) is 19.9 Å². The van der Waals surface area contributed by atoms with E-state index in [9.17, 15) is 0 Å². The highest BCUT2D eigenvalue weighted by atomic mass is 16.5. The monoisotopic (exact) mass is 486 g/mol. The van der Waals surface area contributed by atoms with Crippen molar-refractivity contribution in [3.8, 4) is 0 Å². The van der Waals surface area contributed by atoms with E-state index in [2.05, 4.69) is 38.7 Å². The van der Waals surface area contributed by atoms with Crippen LogP contribution in [0.5, 0.6) is 0 Å². The van der Waals surface area contributed by atoms with Crippen molar-refractivity contribution >= 4 is 34.4 Å². The maximum atomic E-state index is 6.84. The van der Waals surface area contributed by atoms with E-state index >= 15 is 0 Å². The van der Waals surface area contributed by atoms with Gasteiger partial charge in [-0.05, 0) is 44.2 Å². The summed E-state index contributed by atoms with van der Waals surface area (Å²) in [4.78, 5) is 26.0. The molecule has 5 heterocycles. The maximum absolute atomic E-state index is 6.84. The van der Waals surface area contributed by atoms with Crippen molar-refractivity contribution in [3.05, 3.63) is 47.7 Å². The third-order valence-electron chi connectivity index (χ3n) is 7.54. The molecule has 0 radical (unpaired) electrons. The second kappa shape index (κ2) is 9.89. The first-order valence-corrected chi connectivity index (χ1v) is 13.1. The minimum atomic E-state index is 0.0413. The van der Waals surface area contributed by atoms with Crippen LogP contribution in [-0.2, 0) is 4.74 Å². The number of aromatic nitrogens is 4. The second-order valence-electron chi connectivity index (χ2n) is 9.90. The van der Waals surface area contributed by atoms with Crippen LogP contribution in [0.3, 0.4) is 0 Å². The minimum absolute atomic E-state index is 0.0413. The first-order valence-electron chi connectivity index (χ1n) is 13.1. The Morgan fingerprint density at radius 2 is 1.75 bits per heavy atom. The van der Waals surface area contributed by atoms with Crippen LogP contribution < -0.4 is 20.4 Å². The number of morpholine rings is 1. The summed E-state index contributed by atoms with van der Waals surface area (Å²) in [6, 6.07) is 8.37. The summed E-state index contributed by atoms with van der Waals surface area (Å²) >= 11 is 0. The average molecular weight is 487 g/mol. The zero-order valence-corrected chi connectivity index (χ0v) is 20.9. The number of benzene rings is 1. The van der Waals surface area contributed by atoms with Gasteiger partial charge in [-0.3, -0.25) is 0 Å². The number of hydrogen-bond acceptors (Lipinski definition) is 9.